The van der Waals surface area contributed by atoms with Crippen molar-refractivity contribution in [1.29, 1.82) is 0 Å². The molecule has 0 aromatic heterocycles. The Kier molecular flexibility index (Phi) is 5.50. The fourth-order valence-corrected chi connectivity index (χ4v) is 1.80. The molecule has 0 aliphatic rings. The molecule has 0 radical (unpaired) electrons. The van der Waals surface area contributed by atoms with E-state index in [0.717, 1.165) is 18.7 Å². The molecule has 1 aromatic carbocycles. The summed E-state index contributed by atoms with van der Waals surface area (Å²) in [6.07, 6.45) is 0.987. The van der Waals surface area contributed by atoms with Gasteiger partial charge < -0.3 is 16.0 Å². The lowest BCUT2D eigenvalue weighted by atomic mass is 10.1. The molecule has 1 rings (SSSR count). The van der Waals surface area contributed by atoms with E-state index in [1.54, 1.807) is 6.07 Å². The summed E-state index contributed by atoms with van der Waals surface area (Å²) in [5.74, 6) is -0.329. The van der Waals surface area contributed by atoms with Gasteiger partial charge in [-0.05, 0) is 52.2 Å². The standard InChI is InChI=1S/C13H20FN3S/c1-9(6-7-17(2)3)16-12-5-4-10(14)8-11(12)13(15)18/h4-5,8-9,16H,6-7H2,1-3H3,(H2,15,18). The Morgan fingerprint density at radius 2 is 2.17 bits per heavy atom. The molecule has 0 aliphatic carbocycles. The minimum Gasteiger partial charge on any atom is -0.389 e. The van der Waals surface area contributed by atoms with Crippen LogP contribution in [0.1, 0.15) is 18.9 Å². The fraction of sp³-hybridized carbons (Fsp3) is 0.462. The van der Waals surface area contributed by atoms with Crippen LogP contribution in [0.15, 0.2) is 18.2 Å². The van der Waals surface area contributed by atoms with E-state index in [-0.39, 0.29) is 16.8 Å². The first-order valence-corrected chi connectivity index (χ1v) is 6.31. The third kappa shape index (κ3) is 4.58. The van der Waals surface area contributed by atoms with Crippen molar-refractivity contribution >= 4 is 22.9 Å². The van der Waals surface area contributed by atoms with Crippen molar-refractivity contribution in [1.82, 2.24) is 4.90 Å². The number of benzene rings is 1. The minimum absolute atomic E-state index is 0.205. The summed E-state index contributed by atoms with van der Waals surface area (Å²) >= 11 is 4.93. The van der Waals surface area contributed by atoms with E-state index < -0.39 is 0 Å². The molecule has 18 heavy (non-hydrogen) atoms. The van der Waals surface area contributed by atoms with Crippen LogP contribution in [0.25, 0.3) is 0 Å². The highest BCUT2D eigenvalue weighted by Crippen LogP contribution is 2.18. The molecule has 100 valence electrons. The zero-order valence-electron chi connectivity index (χ0n) is 11.0. The van der Waals surface area contributed by atoms with Gasteiger partial charge in [-0.15, -0.1) is 0 Å². The molecule has 0 bridgehead atoms. The predicted octanol–water partition coefficient (Wildman–Crippen LogP) is 2.21. The largest absolute Gasteiger partial charge is 0.389 e. The molecular formula is C13H20FN3S. The first-order valence-electron chi connectivity index (χ1n) is 5.90. The number of nitrogens with zero attached hydrogens (tertiary/aromatic N) is 1. The summed E-state index contributed by atoms with van der Waals surface area (Å²) in [5.41, 5.74) is 6.94. The van der Waals surface area contributed by atoms with E-state index >= 15 is 0 Å². The van der Waals surface area contributed by atoms with Gasteiger partial charge in [0.15, 0.2) is 0 Å². The fourth-order valence-electron chi connectivity index (χ4n) is 1.64. The van der Waals surface area contributed by atoms with E-state index in [0.29, 0.717) is 5.56 Å². The van der Waals surface area contributed by atoms with Crippen molar-refractivity contribution in [3.8, 4) is 0 Å². The molecule has 0 heterocycles. The number of nitrogens with two attached hydrogens (primary N) is 1. The molecule has 0 saturated heterocycles. The zero-order valence-corrected chi connectivity index (χ0v) is 11.9. The van der Waals surface area contributed by atoms with Gasteiger partial charge in [-0.2, -0.15) is 0 Å². The van der Waals surface area contributed by atoms with Gasteiger partial charge in [0.1, 0.15) is 10.8 Å². The highest BCUT2D eigenvalue weighted by atomic mass is 32.1. The van der Waals surface area contributed by atoms with Crippen LogP contribution in [0.4, 0.5) is 10.1 Å². The van der Waals surface area contributed by atoms with E-state index in [1.165, 1.54) is 12.1 Å². The van der Waals surface area contributed by atoms with Gasteiger partial charge in [0.2, 0.25) is 0 Å². The van der Waals surface area contributed by atoms with Gasteiger partial charge in [-0.1, -0.05) is 12.2 Å². The normalized spacial score (nSPS) is 12.5. The number of anilines is 1. The Hall–Kier alpha value is -1.20. The van der Waals surface area contributed by atoms with E-state index in [2.05, 4.69) is 17.1 Å². The van der Waals surface area contributed by atoms with Crippen molar-refractivity contribution in [2.45, 2.75) is 19.4 Å². The number of hydrogen-bond donors (Lipinski definition) is 2. The molecule has 3 nitrogen and oxygen atoms in total. The predicted molar refractivity (Wildman–Crippen MR) is 78.5 cm³/mol. The Morgan fingerprint density at radius 1 is 1.50 bits per heavy atom. The molecule has 5 heteroatoms. The van der Waals surface area contributed by atoms with E-state index in [4.69, 9.17) is 18.0 Å². The van der Waals surface area contributed by atoms with Gasteiger partial charge in [0, 0.05) is 17.3 Å². The molecule has 1 aromatic rings. The number of rotatable bonds is 6. The van der Waals surface area contributed by atoms with Crippen LogP contribution in [0, 0.1) is 5.82 Å². The summed E-state index contributed by atoms with van der Waals surface area (Å²) < 4.78 is 13.1. The first kappa shape index (κ1) is 14.9. The number of thiocarbonyl (C=S) groups is 1. The average Bonchev–Trinajstić information content (AvgIpc) is 2.28. The molecule has 0 spiro atoms. The summed E-state index contributed by atoms with van der Waals surface area (Å²) in [6.45, 7) is 3.06. The summed E-state index contributed by atoms with van der Waals surface area (Å²) in [6, 6.07) is 4.72. The molecule has 0 saturated carbocycles. The van der Waals surface area contributed by atoms with Crippen LogP contribution in [-0.2, 0) is 0 Å². The van der Waals surface area contributed by atoms with Crippen molar-refractivity contribution < 1.29 is 4.39 Å². The van der Waals surface area contributed by atoms with Gasteiger partial charge >= 0.3 is 0 Å². The van der Waals surface area contributed by atoms with Crippen molar-refractivity contribution in [3.05, 3.63) is 29.6 Å². The molecular weight excluding hydrogens is 249 g/mol. The zero-order chi connectivity index (χ0) is 13.7. The van der Waals surface area contributed by atoms with Crippen molar-refractivity contribution in [3.63, 3.8) is 0 Å². The van der Waals surface area contributed by atoms with Crippen LogP contribution in [-0.4, -0.2) is 36.6 Å². The molecule has 0 aliphatic heterocycles. The molecule has 1 atom stereocenters. The second-order valence-electron chi connectivity index (χ2n) is 4.69. The Labute approximate surface area is 113 Å². The lowest BCUT2D eigenvalue weighted by Crippen LogP contribution is -2.24. The average molecular weight is 269 g/mol. The van der Waals surface area contributed by atoms with Gasteiger partial charge in [-0.3, -0.25) is 0 Å². The Morgan fingerprint density at radius 3 is 2.72 bits per heavy atom. The molecule has 3 N–H and O–H groups in total. The second-order valence-corrected chi connectivity index (χ2v) is 5.13. The third-order valence-corrected chi connectivity index (χ3v) is 2.88. The molecule has 1 unspecified atom stereocenters. The smallest absolute Gasteiger partial charge is 0.124 e. The van der Waals surface area contributed by atoms with Crippen LogP contribution in [0.5, 0.6) is 0 Å². The summed E-state index contributed by atoms with van der Waals surface area (Å²) in [7, 11) is 4.07. The summed E-state index contributed by atoms with van der Waals surface area (Å²) in [4.78, 5) is 2.33. The number of halogens is 1. The maximum absolute atomic E-state index is 13.1. The van der Waals surface area contributed by atoms with Crippen LogP contribution in [0.2, 0.25) is 0 Å². The van der Waals surface area contributed by atoms with Crippen molar-refractivity contribution in [2.24, 2.45) is 5.73 Å². The summed E-state index contributed by atoms with van der Waals surface area (Å²) in [5, 5.41) is 3.31. The second kappa shape index (κ2) is 6.66. The lowest BCUT2D eigenvalue weighted by Gasteiger charge is -2.19. The van der Waals surface area contributed by atoms with Crippen molar-refractivity contribution in [2.75, 3.05) is 26.0 Å². The third-order valence-electron chi connectivity index (χ3n) is 2.66. The van der Waals surface area contributed by atoms with Crippen LogP contribution < -0.4 is 11.1 Å². The Balaban J connectivity index is 2.74. The first-order chi connectivity index (χ1) is 8.40. The number of hydrogen-bond acceptors (Lipinski definition) is 3. The number of nitrogens with one attached hydrogen (secondary N) is 1. The Bertz CT molecular complexity index is 421. The highest BCUT2D eigenvalue weighted by molar-refractivity contribution is 7.80. The van der Waals surface area contributed by atoms with Crippen LogP contribution in [0.3, 0.4) is 0 Å². The van der Waals surface area contributed by atoms with Gasteiger partial charge in [-0.25, -0.2) is 4.39 Å². The van der Waals surface area contributed by atoms with Crippen LogP contribution >= 0.6 is 12.2 Å². The molecule has 0 fully saturated rings. The maximum atomic E-state index is 13.1. The topological polar surface area (TPSA) is 41.3 Å². The lowest BCUT2D eigenvalue weighted by molar-refractivity contribution is 0.390. The SMILES string of the molecule is CC(CCN(C)C)Nc1ccc(F)cc1C(N)=S. The maximum Gasteiger partial charge on any atom is 0.124 e. The quantitative estimate of drug-likeness (QED) is 0.777. The van der Waals surface area contributed by atoms with Gasteiger partial charge in [0.05, 0.1) is 0 Å². The molecule has 0 amide bonds. The minimum atomic E-state index is -0.329. The highest BCUT2D eigenvalue weighted by Gasteiger charge is 2.09. The van der Waals surface area contributed by atoms with Gasteiger partial charge in [0.25, 0.3) is 0 Å². The van der Waals surface area contributed by atoms with E-state index in [1.807, 2.05) is 14.1 Å². The van der Waals surface area contributed by atoms with E-state index in [9.17, 15) is 4.39 Å². The monoisotopic (exact) mass is 269 g/mol.